The second-order valence-corrected chi connectivity index (χ2v) is 4.71. The second-order valence-electron chi connectivity index (χ2n) is 4.71. The van der Waals surface area contributed by atoms with Gasteiger partial charge in [0.05, 0.1) is 17.4 Å². The van der Waals surface area contributed by atoms with Crippen LogP contribution in [0.2, 0.25) is 0 Å². The molecule has 4 nitrogen and oxygen atoms in total. The summed E-state index contributed by atoms with van der Waals surface area (Å²) in [7, 11) is 1.79. The Morgan fingerprint density at radius 3 is 2.88 bits per heavy atom. The number of nitrogens with zero attached hydrogens (tertiary/aromatic N) is 1. The Morgan fingerprint density at radius 2 is 2.29 bits per heavy atom. The van der Waals surface area contributed by atoms with Crippen molar-refractivity contribution in [2.24, 2.45) is 5.41 Å². The molecule has 0 saturated heterocycles. The first kappa shape index (κ1) is 11.9. The fourth-order valence-electron chi connectivity index (χ4n) is 1.99. The molecule has 0 radical (unpaired) electrons. The Kier molecular flexibility index (Phi) is 3.31. The number of amides is 1. The van der Waals surface area contributed by atoms with Crippen LogP contribution in [0, 0.1) is 5.41 Å². The average Bonchev–Trinajstić information content (AvgIpc) is 3.16. The van der Waals surface area contributed by atoms with Crippen LogP contribution in [0.15, 0.2) is 18.5 Å². The maximum absolute atomic E-state index is 12.0. The van der Waals surface area contributed by atoms with E-state index in [0.717, 1.165) is 18.7 Å². The van der Waals surface area contributed by atoms with Crippen molar-refractivity contribution in [2.45, 2.75) is 26.2 Å². The van der Waals surface area contributed by atoms with Crippen molar-refractivity contribution < 1.29 is 4.79 Å². The predicted octanol–water partition coefficient (Wildman–Crippen LogP) is 2.04. The van der Waals surface area contributed by atoms with E-state index in [1.807, 2.05) is 0 Å². The van der Waals surface area contributed by atoms with E-state index in [2.05, 4.69) is 22.5 Å². The third-order valence-electron chi connectivity index (χ3n) is 3.67. The van der Waals surface area contributed by atoms with Crippen molar-refractivity contribution >= 4 is 11.6 Å². The molecule has 0 unspecified atom stereocenters. The van der Waals surface area contributed by atoms with Crippen LogP contribution in [0.3, 0.4) is 0 Å². The van der Waals surface area contributed by atoms with Gasteiger partial charge in [0.1, 0.15) is 0 Å². The third-order valence-corrected chi connectivity index (χ3v) is 3.67. The number of carbonyl (C=O) groups excluding carboxylic acids is 1. The lowest BCUT2D eigenvalue weighted by molar-refractivity contribution is 0.0945. The highest BCUT2D eigenvalue weighted by atomic mass is 16.1. The van der Waals surface area contributed by atoms with Crippen molar-refractivity contribution in [1.29, 1.82) is 0 Å². The molecule has 1 aliphatic rings. The first-order valence-corrected chi connectivity index (χ1v) is 6.11. The first-order chi connectivity index (χ1) is 8.21. The fraction of sp³-hybridized carbons (Fsp3) is 0.538. The van der Waals surface area contributed by atoms with Gasteiger partial charge in [0.2, 0.25) is 0 Å². The van der Waals surface area contributed by atoms with E-state index in [4.69, 9.17) is 0 Å². The molecule has 17 heavy (non-hydrogen) atoms. The number of nitrogens with one attached hydrogen (secondary N) is 2. The summed E-state index contributed by atoms with van der Waals surface area (Å²) < 4.78 is 0. The molecule has 1 saturated carbocycles. The van der Waals surface area contributed by atoms with Crippen molar-refractivity contribution in [1.82, 2.24) is 10.3 Å². The third kappa shape index (κ3) is 2.57. The standard InChI is InChI=1S/C13H19N3O/c1-3-13(5-6-13)9-16-12(17)10-4-7-15-8-11(10)14-2/h4,7-8,14H,3,5-6,9H2,1-2H3,(H,16,17). The van der Waals surface area contributed by atoms with Crippen molar-refractivity contribution in [3.8, 4) is 0 Å². The molecule has 1 heterocycles. The van der Waals surface area contributed by atoms with Gasteiger partial charge in [-0.1, -0.05) is 6.92 Å². The van der Waals surface area contributed by atoms with Gasteiger partial charge in [-0.05, 0) is 30.7 Å². The van der Waals surface area contributed by atoms with E-state index in [1.165, 1.54) is 12.8 Å². The quantitative estimate of drug-likeness (QED) is 0.818. The smallest absolute Gasteiger partial charge is 0.253 e. The molecule has 1 aliphatic carbocycles. The maximum Gasteiger partial charge on any atom is 0.253 e. The summed E-state index contributed by atoms with van der Waals surface area (Å²) in [6.45, 7) is 2.97. The first-order valence-electron chi connectivity index (χ1n) is 6.11. The topological polar surface area (TPSA) is 54.0 Å². The van der Waals surface area contributed by atoms with E-state index in [0.29, 0.717) is 11.0 Å². The summed E-state index contributed by atoms with van der Waals surface area (Å²) in [6.07, 6.45) is 6.92. The zero-order valence-electron chi connectivity index (χ0n) is 10.4. The summed E-state index contributed by atoms with van der Waals surface area (Å²) in [4.78, 5) is 16.0. The highest BCUT2D eigenvalue weighted by Gasteiger charge is 2.40. The van der Waals surface area contributed by atoms with E-state index in [9.17, 15) is 4.79 Å². The van der Waals surface area contributed by atoms with Crippen LogP contribution in [0.5, 0.6) is 0 Å². The Labute approximate surface area is 102 Å². The summed E-state index contributed by atoms with van der Waals surface area (Å²) in [6, 6.07) is 1.74. The zero-order chi connectivity index (χ0) is 12.3. The van der Waals surface area contributed by atoms with Gasteiger partial charge < -0.3 is 10.6 Å². The van der Waals surface area contributed by atoms with Gasteiger partial charge >= 0.3 is 0 Å². The van der Waals surface area contributed by atoms with Gasteiger partial charge in [-0.15, -0.1) is 0 Å². The molecule has 4 heteroatoms. The zero-order valence-corrected chi connectivity index (χ0v) is 10.4. The lowest BCUT2D eigenvalue weighted by atomic mass is 10.0. The minimum absolute atomic E-state index is 0.0172. The second kappa shape index (κ2) is 4.73. The summed E-state index contributed by atoms with van der Waals surface area (Å²) in [5.41, 5.74) is 1.81. The number of aromatic nitrogens is 1. The predicted molar refractivity (Wildman–Crippen MR) is 68.1 cm³/mol. The van der Waals surface area contributed by atoms with Crippen molar-refractivity contribution in [3.05, 3.63) is 24.0 Å². The van der Waals surface area contributed by atoms with Crippen LogP contribution in [-0.2, 0) is 0 Å². The normalized spacial score (nSPS) is 16.4. The number of hydrogen-bond donors (Lipinski definition) is 2. The molecule has 1 fully saturated rings. The molecule has 0 aliphatic heterocycles. The van der Waals surface area contributed by atoms with E-state index in [-0.39, 0.29) is 5.91 Å². The Hall–Kier alpha value is -1.58. The minimum atomic E-state index is -0.0172. The van der Waals surface area contributed by atoms with Gasteiger partial charge in [-0.3, -0.25) is 9.78 Å². The number of rotatable bonds is 5. The summed E-state index contributed by atoms with van der Waals surface area (Å²) >= 11 is 0. The van der Waals surface area contributed by atoms with Gasteiger partial charge in [-0.25, -0.2) is 0 Å². The molecular formula is C13H19N3O. The molecule has 1 amide bonds. The van der Waals surface area contributed by atoms with Crippen molar-refractivity contribution in [2.75, 3.05) is 18.9 Å². The molecule has 0 atom stereocenters. The lowest BCUT2D eigenvalue weighted by Gasteiger charge is -2.14. The van der Waals surface area contributed by atoms with Crippen LogP contribution in [-0.4, -0.2) is 24.5 Å². The molecule has 1 aromatic heterocycles. The summed E-state index contributed by atoms with van der Waals surface area (Å²) in [5, 5.41) is 6.00. The molecule has 0 bridgehead atoms. The van der Waals surface area contributed by atoms with Crippen LogP contribution in [0.1, 0.15) is 36.5 Å². The van der Waals surface area contributed by atoms with E-state index in [1.54, 1.807) is 25.5 Å². The van der Waals surface area contributed by atoms with Crippen molar-refractivity contribution in [3.63, 3.8) is 0 Å². The fourth-order valence-corrected chi connectivity index (χ4v) is 1.99. The molecule has 0 aromatic carbocycles. The molecule has 0 spiro atoms. The van der Waals surface area contributed by atoms with Crippen LogP contribution < -0.4 is 10.6 Å². The van der Waals surface area contributed by atoms with Gasteiger partial charge in [0.25, 0.3) is 5.91 Å². The van der Waals surface area contributed by atoms with Gasteiger partial charge in [-0.2, -0.15) is 0 Å². The Bertz CT molecular complexity index is 413. The average molecular weight is 233 g/mol. The Morgan fingerprint density at radius 1 is 1.53 bits per heavy atom. The molecule has 92 valence electrons. The minimum Gasteiger partial charge on any atom is -0.386 e. The van der Waals surface area contributed by atoms with Gasteiger partial charge in [0, 0.05) is 19.8 Å². The highest BCUT2D eigenvalue weighted by Crippen LogP contribution is 2.47. The number of anilines is 1. The number of pyridine rings is 1. The molecule has 2 N–H and O–H groups in total. The number of hydrogen-bond acceptors (Lipinski definition) is 3. The SMILES string of the molecule is CCC1(CNC(=O)c2ccncc2NC)CC1. The largest absolute Gasteiger partial charge is 0.386 e. The van der Waals surface area contributed by atoms with Crippen LogP contribution in [0.25, 0.3) is 0 Å². The lowest BCUT2D eigenvalue weighted by Crippen LogP contribution is -2.30. The summed E-state index contributed by atoms with van der Waals surface area (Å²) in [5.74, 6) is -0.0172. The maximum atomic E-state index is 12.0. The van der Waals surface area contributed by atoms with E-state index < -0.39 is 0 Å². The monoisotopic (exact) mass is 233 g/mol. The van der Waals surface area contributed by atoms with Gasteiger partial charge in [0.15, 0.2) is 0 Å². The molecule has 1 aromatic rings. The van der Waals surface area contributed by atoms with Crippen LogP contribution in [0.4, 0.5) is 5.69 Å². The van der Waals surface area contributed by atoms with Crippen LogP contribution >= 0.6 is 0 Å². The molecule has 2 rings (SSSR count). The number of carbonyl (C=O) groups is 1. The highest BCUT2D eigenvalue weighted by molar-refractivity contribution is 5.99. The molecular weight excluding hydrogens is 214 g/mol. The Balaban J connectivity index is 1.99. The van der Waals surface area contributed by atoms with E-state index >= 15 is 0 Å².